The minimum absolute atomic E-state index is 0.0910. The zero-order valence-electron chi connectivity index (χ0n) is 21.2. The number of nitrogen functional groups attached to an aromatic ring is 1. The van der Waals surface area contributed by atoms with Crippen LogP contribution in [0, 0.1) is 17.1 Å². The molecule has 1 spiro atoms. The number of hydrogen-bond acceptors (Lipinski definition) is 11. The van der Waals surface area contributed by atoms with Gasteiger partial charge in [-0.3, -0.25) is 4.98 Å². The molecule has 12 heteroatoms. The van der Waals surface area contributed by atoms with Gasteiger partial charge in [-0.2, -0.15) is 19.6 Å². The lowest BCUT2D eigenvalue weighted by Gasteiger charge is -2.48. The SMILES string of the molecule is CC(Oc1nc(OC[C@@H]2CCCN2C)nc(N2CC3(C2)SCc2sc(N)c(C#N)c23)c1F)c1cccnc1. The molecule has 2 saturated heterocycles. The molecule has 3 aliphatic heterocycles. The third kappa shape index (κ3) is 4.32. The highest BCUT2D eigenvalue weighted by atomic mass is 32.2. The third-order valence-electron chi connectivity index (χ3n) is 7.55. The maximum Gasteiger partial charge on any atom is 0.321 e. The first-order valence-electron chi connectivity index (χ1n) is 12.6. The molecule has 9 nitrogen and oxygen atoms in total. The fraction of sp³-hybridized carbons (Fsp3) is 0.462. The Balaban J connectivity index is 1.28. The summed E-state index contributed by atoms with van der Waals surface area (Å²) < 4.78 is 27.6. The topological polar surface area (TPSA) is 113 Å². The summed E-state index contributed by atoms with van der Waals surface area (Å²) in [6.45, 7) is 4.28. The maximum atomic E-state index is 15.9. The van der Waals surface area contributed by atoms with Gasteiger partial charge < -0.3 is 25.0 Å². The summed E-state index contributed by atoms with van der Waals surface area (Å²) in [5.41, 5.74) is 8.47. The number of thiophene rings is 1. The fourth-order valence-corrected chi connectivity index (χ4v) is 8.21. The van der Waals surface area contributed by atoms with Gasteiger partial charge in [-0.25, -0.2) is 0 Å². The molecule has 3 aromatic rings. The molecule has 6 heterocycles. The molecule has 0 amide bonds. The Kier molecular flexibility index (Phi) is 6.53. The van der Waals surface area contributed by atoms with Crippen LogP contribution in [0.25, 0.3) is 0 Å². The lowest BCUT2D eigenvalue weighted by atomic mass is 9.88. The molecule has 6 rings (SSSR count). The van der Waals surface area contributed by atoms with Crippen LogP contribution in [0.4, 0.5) is 15.2 Å². The zero-order valence-corrected chi connectivity index (χ0v) is 22.8. The Hall–Kier alpha value is -3.14. The summed E-state index contributed by atoms with van der Waals surface area (Å²) in [4.78, 5) is 18.2. The number of anilines is 2. The van der Waals surface area contributed by atoms with E-state index in [1.807, 2.05) is 24.0 Å². The van der Waals surface area contributed by atoms with Crippen LogP contribution in [0.5, 0.6) is 11.9 Å². The number of ether oxygens (including phenoxy) is 2. The van der Waals surface area contributed by atoms with E-state index in [0.717, 1.165) is 41.1 Å². The Labute approximate surface area is 228 Å². The van der Waals surface area contributed by atoms with Crippen LogP contribution in [-0.2, 0) is 10.5 Å². The number of hydrogen-bond donors (Lipinski definition) is 1. The number of likely N-dealkylation sites (tertiary alicyclic amines) is 1. The summed E-state index contributed by atoms with van der Waals surface area (Å²) in [5.74, 6) is 0.157. The lowest BCUT2D eigenvalue weighted by molar-refractivity contribution is 0.175. The maximum absolute atomic E-state index is 15.9. The van der Waals surface area contributed by atoms with E-state index in [1.54, 1.807) is 24.2 Å². The lowest BCUT2D eigenvalue weighted by Crippen LogP contribution is -2.57. The fourth-order valence-electron chi connectivity index (χ4n) is 5.40. The molecule has 2 atom stereocenters. The van der Waals surface area contributed by atoms with Crippen molar-refractivity contribution in [1.82, 2.24) is 19.9 Å². The van der Waals surface area contributed by atoms with E-state index in [2.05, 4.69) is 33.0 Å². The number of halogens is 1. The van der Waals surface area contributed by atoms with Crippen LogP contribution in [0.1, 0.15) is 47.4 Å². The monoisotopic (exact) mass is 553 g/mol. The smallest absolute Gasteiger partial charge is 0.321 e. The van der Waals surface area contributed by atoms with Gasteiger partial charge >= 0.3 is 6.01 Å². The van der Waals surface area contributed by atoms with Crippen molar-refractivity contribution >= 4 is 33.9 Å². The Bertz CT molecular complexity index is 1390. The van der Waals surface area contributed by atoms with Crippen LogP contribution >= 0.6 is 23.1 Å². The number of rotatable bonds is 7. The number of pyridine rings is 1. The highest BCUT2D eigenvalue weighted by Crippen LogP contribution is 2.58. The van der Waals surface area contributed by atoms with E-state index in [4.69, 9.17) is 15.2 Å². The summed E-state index contributed by atoms with van der Waals surface area (Å²) in [6.07, 6.45) is 5.04. The van der Waals surface area contributed by atoms with E-state index in [1.165, 1.54) is 11.3 Å². The molecule has 198 valence electrons. The molecule has 0 radical (unpaired) electrons. The minimum atomic E-state index is -0.630. The van der Waals surface area contributed by atoms with Crippen molar-refractivity contribution in [2.24, 2.45) is 0 Å². The van der Waals surface area contributed by atoms with Crippen molar-refractivity contribution in [3.05, 3.63) is 51.9 Å². The van der Waals surface area contributed by atoms with Crippen molar-refractivity contribution in [1.29, 1.82) is 5.26 Å². The minimum Gasteiger partial charge on any atom is -0.467 e. The van der Waals surface area contributed by atoms with Crippen LogP contribution in [0.15, 0.2) is 24.5 Å². The molecule has 3 aliphatic rings. The highest BCUT2D eigenvalue weighted by Gasteiger charge is 2.53. The van der Waals surface area contributed by atoms with Gasteiger partial charge in [0.05, 0.1) is 10.3 Å². The standard InChI is InChI=1S/C26H28FN7O2S2/c1-15(16-5-3-7-30-10-16)36-24-21(27)23(31-25(32-24)35-11-17-6-4-8-33(17)2)34-13-26(14-34)20-18(9-28)22(29)38-19(20)12-37-26/h3,5,7,10,15,17H,4,6,8,11-14,29H2,1-2H3/t15?,17-/m0/s1. The third-order valence-corrected chi connectivity index (χ3v) is 10.2. The molecular formula is C26H28FN7O2S2. The van der Waals surface area contributed by atoms with Gasteiger partial charge in [0.1, 0.15) is 23.8 Å². The first-order chi connectivity index (χ1) is 18.4. The van der Waals surface area contributed by atoms with Gasteiger partial charge in [-0.1, -0.05) is 6.07 Å². The van der Waals surface area contributed by atoms with Crippen molar-refractivity contribution < 1.29 is 13.9 Å². The van der Waals surface area contributed by atoms with Gasteiger partial charge in [-0.15, -0.1) is 23.1 Å². The van der Waals surface area contributed by atoms with Crippen molar-refractivity contribution in [3.63, 3.8) is 0 Å². The molecule has 1 unspecified atom stereocenters. The molecule has 0 saturated carbocycles. The second-order valence-corrected chi connectivity index (χ2v) is 12.5. The van der Waals surface area contributed by atoms with Crippen LogP contribution in [0.3, 0.4) is 0 Å². The van der Waals surface area contributed by atoms with Crippen LogP contribution in [-0.4, -0.2) is 59.2 Å². The van der Waals surface area contributed by atoms with E-state index in [-0.39, 0.29) is 28.5 Å². The summed E-state index contributed by atoms with van der Waals surface area (Å²) in [5, 5.41) is 10.3. The average Bonchev–Trinajstić information content (AvgIpc) is 3.57. The van der Waals surface area contributed by atoms with Crippen LogP contribution in [0.2, 0.25) is 0 Å². The number of likely N-dealkylation sites (N-methyl/N-ethyl adjacent to an activating group) is 1. The van der Waals surface area contributed by atoms with E-state index >= 15 is 4.39 Å². The Morgan fingerprint density at radius 2 is 2.21 bits per heavy atom. The van der Waals surface area contributed by atoms with Crippen molar-refractivity contribution in [2.45, 2.75) is 42.4 Å². The second-order valence-electron chi connectivity index (χ2n) is 9.97. The largest absolute Gasteiger partial charge is 0.467 e. The zero-order chi connectivity index (χ0) is 26.4. The summed E-state index contributed by atoms with van der Waals surface area (Å²) in [7, 11) is 2.07. The summed E-state index contributed by atoms with van der Waals surface area (Å²) >= 11 is 3.25. The quantitative estimate of drug-likeness (QED) is 0.459. The Morgan fingerprint density at radius 1 is 1.37 bits per heavy atom. The van der Waals surface area contributed by atoms with E-state index < -0.39 is 11.9 Å². The number of nitriles is 1. The number of nitrogens with two attached hydrogens (primary N) is 1. The van der Waals surface area contributed by atoms with Crippen LogP contribution < -0.4 is 20.1 Å². The van der Waals surface area contributed by atoms with Gasteiger partial charge in [0.25, 0.3) is 5.88 Å². The van der Waals surface area contributed by atoms with Crippen molar-refractivity contribution in [2.75, 3.05) is 43.9 Å². The molecule has 38 heavy (non-hydrogen) atoms. The number of aromatic nitrogens is 3. The molecule has 2 fully saturated rings. The normalized spacial score (nSPS) is 20.7. The molecule has 0 aliphatic carbocycles. The molecular weight excluding hydrogens is 525 g/mol. The van der Waals surface area contributed by atoms with Gasteiger partial charge in [0, 0.05) is 53.3 Å². The van der Waals surface area contributed by atoms with E-state index in [0.29, 0.717) is 30.3 Å². The predicted molar refractivity (Wildman–Crippen MR) is 145 cm³/mol. The first kappa shape index (κ1) is 25.2. The number of nitrogens with zero attached hydrogens (tertiary/aromatic N) is 6. The summed E-state index contributed by atoms with van der Waals surface area (Å²) in [6, 6.07) is 6.31. The van der Waals surface area contributed by atoms with Gasteiger partial charge in [-0.05, 0) is 39.4 Å². The Morgan fingerprint density at radius 3 is 2.92 bits per heavy atom. The molecule has 3 aromatic heterocycles. The van der Waals surface area contributed by atoms with E-state index in [9.17, 15) is 5.26 Å². The van der Waals surface area contributed by atoms with Gasteiger partial charge in [0.15, 0.2) is 5.82 Å². The average molecular weight is 554 g/mol. The highest BCUT2D eigenvalue weighted by molar-refractivity contribution is 8.00. The number of thioether (sulfide) groups is 1. The predicted octanol–water partition coefficient (Wildman–Crippen LogP) is 4.10. The molecule has 0 aromatic carbocycles. The van der Waals surface area contributed by atoms with Gasteiger partial charge in [0.2, 0.25) is 5.82 Å². The molecule has 0 bridgehead atoms. The molecule has 2 N–H and O–H groups in total. The number of fused-ring (bicyclic) bond motifs is 2. The second kappa shape index (κ2) is 9.87. The first-order valence-corrected chi connectivity index (χ1v) is 14.4. The van der Waals surface area contributed by atoms with Crippen molar-refractivity contribution in [3.8, 4) is 18.0 Å².